The predicted octanol–water partition coefficient (Wildman–Crippen LogP) is 18.1. The molecule has 0 saturated carbocycles. The van der Waals surface area contributed by atoms with E-state index in [1.807, 2.05) is 0 Å². The van der Waals surface area contributed by atoms with Crippen LogP contribution in [0.4, 0.5) is 34.1 Å². The van der Waals surface area contributed by atoms with Gasteiger partial charge in [0.05, 0.1) is 33.9 Å². The molecule has 338 valence electrons. The molecule has 0 spiro atoms. The zero-order valence-electron chi connectivity index (χ0n) is 39.9. The first kappa shape index (κ1) is 40.5. The van der Waals surface area contributed by atoms with Crippen LogP contribution < -0.4 is 9.80 Å². The number of para-hydroxylation sites is 2. The molecule has 0 aliphatic carbocycles. The van der Waals surface area contributed by atoms with Gasteiger partial charge in [0, 0.05) is 54.5 Å². The lowest BCUT2D eigenvalue weighted by atomic mass is 9.73. The van der Waals surface area contributed by atoms with E-state index >= 15 is 0 Å². The number of rotatable bonds is 2. The fourth-order valence-electron chi connectivity index (χ4n) is 12.8. The molecule has 13 aromatic rings. The molecule has 15 rings (SSSR count). The van der Waals surface area contributed by atoms with Gasteiger partial charge in [0.15, 0.2) is 11.2 Å². The minimum atomic E-state index is -0.357. The van der Waals surface area contributed by atoms with E-state index < -0.39 is 0 Å². The Morgan fingerprint density at radius 3 is 1.22 bits per heavy atom. The van der Waals surface area contributed by atoms with Gasteiger partial charge in [-0.2, -0.15) is 10.5 Å². The lowest BCUT2D eigenvalue weighted by Gasteiger charge is -2.42. The Labute approximate surface area is 414 Å². The van der Waals surface area contributed by atoms with Crippen LogP contribution in [-0.2, 0) is 10.8 Å². The highest BCUT2D eigenvalue weighted by atomic mass is 16.3. The van der Waals surface area contributed by atoms with E-state index in [4.69, 9.17) is 8.83 Å². The van der Waals surface area contributed by atoms with Gasteiger partial charge in [-0.1, -0.05) is 161 Å². The fourth-order valence-corrected chi connectivity index (χ4v) is 12.8. The Morgan fingerprint density at radius 1 is 0.375 bits per heavy atom. The zero-order valence-corrected chi connectivity index (χ0v) is 39.9. The third kappa shape index (κ3) is 5.15. The minimum Gasteiger partial charge on any atom is -0.454 e. The number of hydrogen-bond acceptors (Lipinski definition) is 6. The molecule has 0 N–H and O–H groups in total. The highest BCUT2D eigenvalue weighted by molar-refractivity contribution is 6.24. The summed E-state index contributed by atoms with van der Waals surface area (Å²) in [5.74, 6) is 0. The maximum absolute atomic E-state index is 11.2. The number of anilines is 6. The molecular formula is C66H42N4O2. The SMILES string of the molecule is CC1(C)c2ccccc2N(c2ccc3c(c2)c(C#N)c(C#N)c2cc(N4c5ccccc5C(C)(C)c5ccc6c(oc7ccc8ccccc8c76)c54)ccc23)c2c1ccc1c2oc2ccc3ccccc3c21. The molecule has 11 aromatic carbocycles. The predicted molar refractivity (Wildman–Crippen MR) is 294 cm³/mol. The first-order valence-electron chi connectivity index (χ1n) is 24.5. The van der Waals surface area contributed by atoms with Gasteiger partial charge in [-0.15, -0.1) is 0 Å². The summed E-state index contributed by atoms with van der Waals surface area (Å²) in [6.45, 7) is 9.12. The highest BCUT2D eigenvalue weighted by Crippen LogP contribution is 2.58. The topological polar surface area (TPSA) is 80.3 Å². The molecule has 0 radical (unpaired) electrons. The van der Waals surface area contributed by atoms with Crippen molar-refractivity contribution in [2.45, 2.75) is 38.5 Å². The van der Waals surface area contributed by atoms with Crippen molar-refractivity contribution in [3.8, 4) is 12.1 Å². The van der Waals surface area contributed by atoms with E-state index in [9.17, 15) is 10.5 Å². The molecule has 0 unspecified atom stereocenters. The van der Waals surface area contributed by atoms with Crippen LogP contribution in [0.15, 0.2) is 191 Å². The van der Waals surface area contributed by atoms with Crippen molar-refractivity contribution in [2.24, 2.45) is 0 Å². The largest absolute Gasteiger partial charge is 0.454 e. The van der Waals surface area contributed by atoms with Crippen LogP contribution in [0.25, 0.3) is 87.0 Å². The third-order valence-electron chi connectivity index (χ3n) is 16.3. The highest BCUT2D eigenvalue weighted by Gasteiger charge is 2.41. The summed E-state index contributed by atoms with van der Waals surface area (Å²) >= 11 is 0. The van der Waals surface area contributed by atoms with E-state index in [1.165, 1.54) is 11.1 Å². The lowest BCUT2D eigenvalue weighted by Crippen LogP contribution is -2.30. The van der Waals surface area contributed by atoms with E-state index in [0.29, 0.717) is 21.9 Å². The number of furan rings is 2. The quantitative estimate of drug-likeness (QED) is 0.161. The van der Waals surface area contributed by atoms with E-state index in [-0.39, 0.29) is 10.8 Å². The Kier molecular flexibility index (Phi) is 7.95. The fraction of sp³-hybridized carbons (Fsp3) is 0.0909. The zero-order chi connectivity index (χ0) is 48.4. The number of nitriles is 2. The van der Waals surface area contributed by atoms with Gasteiger partial charge in [0.25, 0.3) is 0 Å². The Balaban J connectivity index is 0.962. The van der Waals surface area contributed by atoms with Crippen LogP contribution in [0.1, 0.15) is 61.1 Å². The van der Waals surface area contributed by atoms with Crippen LogP contribution in [0, 0.1) is 22.7 Å². The van der Waals surface area contributed by atoms with Gasteiger partial charge in [-0.3, -0.25) is 0 Å². The molecule has 2 aliphatic rings. The van der Waals surface area contributed by atoms with Crippen molar-refractivity contribution in [2.75, 3.05) is 9.80 Å². The van der Waals surface area contributed by atoms with E-state index in [0.717, 1.165) is 121 Å². The molecule has 0 amide bonds. The molecule has 4 heterocycles. The van der Waals surface area contributed by atoms with Crippen LogP contribution >= 0.6 is 0 Å². The molecule has 0 fully saturated rings. The van der Waals surface area contributed by atoms with Crippen molar-refractivity contribution >= 4 is 121 Å². The van der Waals surface area contributed by atoms with Gasteiger partial charge in [0.1, 0.15) is 23.3 Å². The summed E-state index contributed by atoms with van der Waals surface area (Å²) in [5, 5.41) is 34.6. The average molecular weight is 923 g/mol. The smallest absolute Gasteiger partial charge is 0.159 e. The standard InChI is InChI=1S/C66H42N4O2/c1-65(2)51-17-9-11-19-55(51)69(61-53(65)29-27-45-59-41-15-7-5-13-37(41)21-31-57(59)71-63(45)61)39-23-25-43-44-26-24-40(34-48(44)50(36-68)49(35-67)47(43)33-39)70-56-20-12-10-18-52(56)66(3,4)54-30-28-46-60-42-16-8-6-14-38(42)22-32-58(60)72-64(46)62(54)70/h5-34H,1-4H3. The van der Waals surface area contributed by atoms with Crippen LogP contribution in [-0.4, -0.2) is 0 Å². The van der Waals surface area contributed by atoms with Gasteiger partial charge in [0.2, 0.25) is 0 Å². The molecule has 0 bridgehead atoms. The summed E-state index contributed by atoms with van der Waals surface area (Å²) in [7, 11) is 0. The van der Waals surface area contributed by atoms with Crippen LogP contribution in [0.2, 0.25) is 0 Å². The molecule has 0 atom stereocenters. The average Bonchev–Trinajstić information content (AvgIpc) is 4.00. The summed E-state index contributed by atoms with van der Waals surface area (Å²) in [6, 6.07) is 69.3. The molecule has 2 aliphatic heterocycles. The van der Waals surface area contributed by atoms with Crippen molar-refractivity contribution < 1.29 is 8.83 Å². The van der Waals surface area contributed by atoms with Crippen molar-refractivity contribution in [1.29, 1.82) is 10.5 Å². The van der Waals surface area contributed by atoms with Crippen molar-refractivity contribution in [1.82, 2.24) is 0 Å². The summed E-state index contributed by atoms with van der Waals surface area (Å²) in [6.07, 6.45) is 0. The lowest BCUT2D eigenvalue weighted by molar-refractivity contribution is 0.624. The minimum absolute atomic E-state index is 0.338. The number of nitrogens with zero attached hydrogens (tertiary/aromatic N) is 4. The van der Waals surface area contributed by atoms with Gasteiger partial charge in [-0.05, 0) is 103 Å². The second-order valence-corrected chi connectivity index (χ2v) is 20.6. The van der Waals surface area contributed by atoms with Gasteiger partial charge in [-0.25, -0.2) is 0 Å². The number of benzene rings is 11. The molecule has 6 nitrogen and oxygen atoms in total. The number of fused-ring (bicyclic) bond motifs is 19. The molecule has 72 heavy (non-hydrogen) atoms. The van der Waals surface area contributed by atoms with E-state index in [1.54, 1.807) is 0 Å². The first-order valence-corrected chi connectivity index (χ1v) is 24.5. The van der Waals surface area contributed by atoms with Crippen LogP contribution in [0.3, 0.4) is 0 Å². The Hall–Kier alpha value is -9.36. The maximum Gasteiger partial charge on any atom is 0.159 e. The van der Waals surface area contributed by atoms with Crippen molar-refractivity contribution in [3.05, 3.63) is 215 Å². The number of hydrogen-bond donors (Lipinski definition) is 0. The monoisotopic (exact) mass is 922 g/mol. The maximum atomic E-state index is 11.2. The van der Waals surface area contributed by atoms with Gasteiger partial charge < -0.3 is 18.6 Å². The second kappa shape index (κ2) is 14.1. The van der Waals surface area contributed by atoms with Gasteiger partial charge >= 0.3 is 0 Å². The van der Waals surface area contributed by atoms with Crippen LogP contribution in [0.5, 0.6) is 0 Å². The summed E-state index contributed by atoms with van der Waals surface area (Å²) < 4.78 is 13.9. The molecule has 2 aromatic heterocycles. The summed E-state index contributed by atoms with van der Waals surface area (Å²) in [5.41, 5.74) is 13.6. The normalized spacial score (nSPS) is 14.5. The summed E-state index contributed by atoms with van der Waals surface area (Å²) in [4.78, 5) is 4.61. The first-order chi connectivity index (χ1) is 35.1. The van der Waals surface area contributed by atoms with E-state index in [2.05, 4.69) is 232 Å². The Morgan fingerprint density at radius 2 is 0.778 bits per heavy atom. The molecular weight excluding hydrogens is 881 g/mol. The second-order valence-electron chi connectivity index (χ2n) is 20.6. The Bertz CT molecular complexity index is 4390. The third-order valence-corrected chi connectivity index (χ3v) is 16.3. The molecule has 0 saturated heterocycles. The van der Waals surface area contributed by atoms with Crippen molar-refractivity contribution in [3.63, 3.8) is 0 Å². The molecule has 6 heteroatoms.